The van der Waals surface area contributed by atoms with Gasteiger partial charge in [-0.3, -0.25) is 0 Å². The van der Waals surface area contributed by atoms with Crippen molar-refractivity contribution in [2.24, 2.45) is 5.14 Å². The molecule has 1 saturated heterocycles. The van der Waals surface area contributed by atoms with Crippen LogP contribution in [0.3, 0.4) is 0 Å². The summed E-state index contributed by atoms with van der Waals surface area (Å²) in [5, 5.41) is 19.3. The molecule has 0 spiro atoms. The molecule has 1 fully saturated rings. The zero-order chi connectivity index (χ0) is 14.8. The summed E-state index contributed by atoms with van der Waals surface area (Å²) in [7, 11) is -4.15. The number of nitro groups is 1. The van der Waals surface area contributed by atoms with Gasteiger partial charge in [-0.1, -0.05) is 0 Å². The van der Waals surface area contributed by atoms with Crippen LogP contribution in [0.4, 0.5) is 5.82 Å². The molecule has 1 aromatic heterocycles. The maximum Gasteiger partial charge on any atom is 0.410 e. The Balaban J connectivity index is 2.03. The van der Waals surface area contributed by atoms with E-state index in [2.05, 4.69) is 5.10 Å². The first-order chi connectivity index (χ1) is 9.38. The fourth-order valence-electron chi connectivity index (χ4n) is 2.19. The van der Waals surface area contributed by atoms with Gasteiger partial charge in [-0.05, 0) is 30.6 Å². The van der Waals surface area contributed by atoms with E-state index in [0.717, 1.165) is 32.1 Å². The molecule has 2 rings (SSSR count). The summed E-state index contributed by atoms with van der Waals surface area (Å²) in [5.74, 6) is -0.732. The Morgan fingerprint density at radius 3 is 2.85 bits per heavy atom. The summed E-state index contributed by atoms with van der Waals surface area (Å²) < 4.78 is 29.2. The smallest absolute Gasteiger partial charge is 0.378 e. The monoisotopic (exact) mass is 304 g/mol. The molecule has 2 heterocycles. The van der Waals surface area contributed by atoms with Crippen molar-refractivity contribution in [1.82, 2.24) is 9.78 Å². The highest BCUT2D eigenvalue weighted by atomic mass is 32.2. The predicted molar refractivity (Wildman–Crippen MR) is 68.5 cm³/mol. The largest absolute Gasteiger partial charge is 0.410 e. The number of nitrogens with two attached hydrogens (primary N) is 1. The number of aromatic nitrogens is 2. The quantitative estimate of drug-likeness (QED) is 0.597. The van der Waals surface area contributed by atoms with Crippen LogP contribution in [0.25, 0.3) is 0 Å². The lowest BCUT2D eigenvalue weighted by Gasteiger charge is -2.07. The number of sulfonamides is 1. The molecule has 0 aliphatic carbocycles. The highest BCUT2D eigenvalue weighted by Crippen LogP contribution is 2.21. The Bertz CT molecular complexity index is 591. The number of rotatable bonds is 6. The van der Waals surface area contributed by atoms with Crippen molar-refractivity contribution in [2.45, 2.75) is 43.2 Å². The summed E-state index contributed by atoms with van der Waals surface area (Å²) in [4.78, 5) is 9.35. The lowest BCUT2D eigenvalue weighted by Crippen LogP contribution is -2.13. The van der Waals surface area contributed by atoms with Gasteiger partial charge in [0.1, 0.15) is 0 Å². The van der Waals surface area contributed by atoms with Crippen molar-refractivity contribution < 1.29 is 18.1 Å². The fraction of sp³-hybridized carbons (Fsp3) is 0.700. The first-order valence-corrected chi connectivity index (χ1v) is 7.79. The molecule has 0 radical (unpaired) electrons. The summed E-state index contributed by atoms with van der Waals surface area (Å²) in [5.41, 5.74) is 0. The van der Waals surface area contributed by atoms with Crippen LogP contribution >= 0.6 is 0 Å². The van der Waals surface area contributed by atoms with Crippen LogP contribution in [0.1, 0.15) is 25.7 Å². The zero-order valence-electron chi connectivity index (χ0n) is 10.8. The summed E-state index contributed by atoms with van der Waals surface area (Å²) in [6.07, 6.45) is 4.91. The number of hydrogen-bond donors (Lipinski definition) is 1. The maximum atomic E-state index is 11.3. The van der Waals surface area contributed by atoms with Gasteiger partial charge in [-0.2, -0.15) is 4.68 Å². The van der Waals surface area contributed by atoms with Gasteiger partial charge in [0.2, 0.25) is 14.9 Å². The SMILES string of the molecule is NS(=O)(=O)c1cn(CCCC2CCCO2)nc1[N+](=O)[O-]. The number of primary sulfonamides is 1. The zero-order valence-corrected chi connectivity index (χ0v) is 11.6. The lowest BCUT2D eigenvalue weighted by atomic mass is 10.1. The van der Waals surface area contributed by atoms with Crippen LogP contribution in [0.5, 0.6) is 0 Å². The third-order valence-corrected chi connectivity index (χ3v) is 4.03. The second-order valence-electron chi connectivity index (χ2n) is 4.66. The van der Waals surface area contributed by atoms with Gasteiger partial charge in [0.15, 0.2) is 0 Å². The van der Waals surface area contributed by atoms with Gasteiger partial charge in [-0.15, -0.1) is 0 Å². The van der Waals surface area contributed by atoms with E-state index in [-0.39, 0.29) is 6.10 Å². The molecule has 20 heavy (non-hydrogen) atoms. The van der Waals surface area contributed by atoms with Crippen LogP contribution in [0, 0.1) is 10.1 Å². The van der Waals surface area contributed by atoms with E-state index < -0.39 is 25.7 Å². The molecule has 1 aliphatic rings. The molecule has 1 unspecified atom stereocenters. The molecular weight excluding hydrogens is 288 g/mol. The Labute approximate surface area is 115 Å². The van der Waals surface area contributed by atoms with E-state index in [4.69, 9.17) is 9.88 Å². The van der Waals surface area contributed by atoms with Gasteiger partial charge in [0.05, 0.1) is 23.9 Å². The van der Waals surface area contributed by atoms with Crippen molar-refractivity contribution in [2.75, 3.05) is 6.61 Å². The average molecular weight is 304 g/mol. The van der Waals surface area contributed by atoms with Gasteiger partial charge in [0.25, 0.3) is 0 Å². The molecule has 9 nitrogen and oxygen atoms in total. The second kappa shape index (κ2) is 5.85. The summed E-state index contributed by atoms with van der Waals surface area (Å²) in [6, 6.07) is 0. The maximum absolute atomic E-state index is 11.3. The molecule has 0 bridgehead atoms. The minimum atomic E-state index is -4.15. The van der Waals surface area contributed by atoms with Gasteiger partial charge < -0.3 is 14.9 Å². The Morgan fingerprint density at radius 1 is 1.60 bits per heavy atom. The van der Waals surface area contributed by atoms with Crippen LogP contribution in [-0.2, 0) is 21.3 Å². The van der Waals surface area contributed by atoms with Crippen molar-refractivity contribution >= 4 is 15.8 Å². The summed E-state index contributed by atoms with van der Waals surface area (Å²) >= 11 is 0. The van der Waals surface area contributed by atoms with Crippen molar-refractivity contribution in [3.05, 3.63) is 16.3 Å². The van der Waals surface area contributed by atoms with E-state index in [1.807, 2.05) is 0 Å². The normalized spacial score (nSPS) is 19.4. The molecule has 0 saturated carbocycles. The van der Waals surface area contributed by atoms with Crippen LogP contribution in [-0.4, -0.2) is 35.8 Å². The third kappa shape index (κ3) is 3.52. The first-order valence-electron chi connectivity index (χ1n) is 6.24. The van der Waals surface area contributed by atoms with Crippen LogP contribution in [0.2, 0.25) is 0 Å². The van der Waals surface area contributed by atoms with E-state index >= 15 is 0 Å². The number of aryl methyl sites for hydroxylation is 1. The van der Waals surface area contributed by atoms with E-state index in [1.165, 1.54) is 4.68 Å². The molecule has 1 atom stereocenters. The van der Waals surface area contributed by atoms with Crippen LogP contribution < -0.4 is 5.14 Å². The van der Waals surface area contributed by atoms with E-state index in [0.29, 0.717) is 13.0 Å². The second-order valence-corrected chi connectivity index (χ2v) is 6.19. The fourth-order valence-corrected chi connectivity index (χ4v) is 2.83. The molecule has 1 aromatic rings. The average Bonchev–Trinajstić information content (AvgIpc) is 2.96. The number of nitrogens with zero attached hydrogens (tertiary/aromatic N) is 3. The Hall–Kier alpha value is -1.52. The predicted octanol–water partition coefficient (Wildman–Crippen LogP) is 0.398. The number of ether oxygens (including phenoxy) is 1. The highest BCUT2D eigenvalue weighted by molar-refractivity contribution is 7.89. The lowest BCUT2D eigenvalue weighted by molar-refractivity contribution is -0.392. The van der Waals surface area contributed by atoms with Crippen molar-refractivity contribution in [3.8, 4) is 0 Å². The Kier molecular flexibility index (Phi) is 4.35. The molecule has 1 aliphatic heterocycles. The highest BCUT2D eigenvalue weighted by Gasteiger charge is 2.28. The Morgan fingerprint density at radius 2 is 2.35 bits per heavy atom. The standard InChI is InChI=1S/C10H16N4O5S/c11-20(17,18)9-7-13(12-10(9)14(15)16)5-1-3-8-4-2-6-19-8/h7-8H,1-6H2,(H2,11,17,18). The van der Waals surface area contributed by atoms with E-state index in [1.54, 1.807) is 0 Å². The third-order valence-electron chi connectivity index (χ3n) is 3.13. The van der Waals surface area contributed by atoms with Crippen molar-refractivity contribution in [1.29, 1.82) is 0 Å². The first kappa shape index (κ1) is 14.9. The minimum absolute atomic E-state index is 0.221. The molecule has 2 N–H and O–H groups in total. The van der Waals surface area contributed by atoms with E-state index in [9.17, 15) is 18.5 Å². The molecular formula is C10H16N4O5S. The molecule has 10 heteroatoms. The van der Waals surface area contributed by atoms with Gasteiger partial charge in [0, 0.05) is 6.61 Å². The van der Waals surface area contributed by atoms with Gasteiger partial charge in [-0.25, -0.2) is 13.6 Å². The number of hydrogen-bond acceptors (Lipinski definition) is 6. The minimum Gasteiger partial charge on any atom is -0.378 e. The summed E-state index contributed by atoms with van der Waals surface area (Å²) in [6.45, 7) is 1.16. The topological polar surface area (TPSA) is 130 Å². The van der Waals surface area contributed by atoms with Crippen LogP contribution in [0.15, 0.2) is 11.1 Å². The van der Waals surface area contributed by atoms with Gasteiger partial charge >= 0.3 is 5.82 Å². The molecule has 0 aromatic carbocycles. The molecule has 112 valence electrons. The molecule has 0 amide bonds. The van der Waals surface area contributed by atoms with Crippen molar-refractivity contribution in [3.63, 3.8) is 0 Å².